The van der Waals surface area contributed by atoms with Crippen LogP contribution in [-0.4, -0.2) is 9.78 Å². The second-order valence-corrected chi connectivity index (χ2v) is 5.19. The van der Waals surface area contributed by atoms with Crippen molar-refractivity contribution in [1.29, 1.82) is 5.26 Å². The minimum absolute atomic E-state index is 0.220. The Labute approximate surface area is 120 Å². The number of rotatable bonds is 4. The standard InChI is InChI=1S/C16H20N4/c1-11(15-7-5-14(9-17)6-8-15)18-12(2)16-10-20(4)19-13(16)3/h5-8,10-12,18H,1-4H3. The molecule has 1 heterocycles. The summed E-state index contributed by atoms with van der Waals surface area (Å²) in [4.78, 5) is 0. The Bertz CT molecular complexity index is 619. The van der Waals surface area contributed by atoms with E-state index in [-0.39, 0.29) is 12.1 Å². The van der Waals surface area contributed by atoms with Crippen molar-refractivity contribution in [3.8, 4) is 6.07 Å². The van der Waals surface area contributed by atoms with E-state index in [2.05, 4.69) is 36.5 Å². The topological polar surface area (TPSA) is 53.6 Å². The lowest BCUT2D eigenvalue weighted by Gasteiger charge is -2.20. The first kappa shape index (κ1) is 14.3. The molecule has 2 unspecified atom stereocenters. The predicted octanol–water partition coefficient (Wildman–Crippen LogP) is 3.01. The zero-order valence-electron chi connectivity index (χ0n) is 12.4. The summed E-state index contributed by atoms with van der Waals surface area (Å²) in [6, 6.07) is 10.3. The Hall–Kier alpha value is -2.12. The molecule has 0 aliphatic carbocycles. The van der Waals surface area contributed by atoms with E-state index in [1.165, 1.54) is 11.1 Å². The first-order chi connectivity index (χ1) is 9.51. The number of hydrogen-bond donors (Lipinski definition) is 1. The first-order valence-electron chi connectivity index (χ1n) is 6.77. The van der Waals surface area contributed by atoms with E-state index in [0.29, 0.717) is 5.56 Å². The van der Waals surface area contributed by atoms with Gasteiger partial charge in [-0.25, -0.2) is 0 Å². The molecule has 1 aromatic carbocycles. The van der Waals surface area contributed by atoms with Gasteiger partial charge in [-0.2, -0.15) is 10.4 Å². The molecule has 0 fully saturated rings. The van der Waals surface area contributed by atoms with Gasteiger partial charge < -0.3 is 5.32 Å². The van der Waals surface area contributed by atoms with Gasteiger partial charge in [0.1, 0.15) is 0 Å². The van der Waals surface area contributed by atoms with Crippen molar-refractivity contribution in [2.45, 2.75) is 32.9 Å². The number of nitrogens with zero attached hydrogens (tertiary/aromatic N) is 3. The van der Waals surface area contributed by atoms with Crippen LogP contribution in [0.5, 0.6) is 0 Å². The molecule has 2 rings (SSSR count). The molecule has 104 valence electrons. The third kappa shape index (κ3) is 3.06. The lowest BCUT2D eigenvalue weighted by molar-refractivity contribution is 0.493. The summed E-state index contributed by atoms with van der Waals surface area (Å²) < 4.78 is 1.84. The zero-order valence-corrected chi connectivity index (χ0v) is 12.4. The highest BCUT2D eigenvalue weighted by Gasteiger charge is 2.15. The summed E-state index contributed by atoms with van der Waals surface area (Å²) in [5.74, 6) is 0. The SMILES string of the molecule is Cc1nn(C)cc1C(C)NC(C)c1ccc(C#N)cc1. The van der Waals surface area contributed by atoms with E-state index in [9.17, 15) is 0 Å². The van der Waals surface area contributed by atoms with Gasteiger partial charge in [-0.3, -0.25) is 4.68 Å². The van der Waals surface area contributed by atoms with Crippen LogP contribution in [0, 0.1) is 18.3 Å². The van der Waals surface area contributed by atoms with Gasteiger partial charge in [0.15, 0.2) is 0 Å². The van der Waals surface area contributed by atoms with E-state index >= 15 is 0 Å². The summed E-state index contributed by atoms with van der Waals surface area (Å²) in [5, 5.41) is 16.8. The van der Waals surface area contributed by atoms with Gasteiger partial charge >= 0.3 is 0 Å². The van der Waals surface area contributed by atoms with Crippen LogP contribution in [0.2, 0.25) is 0 Å². The molecule has 0 aliphatic rings. The molecule has 2 aromatic rings. The third-order valence-corrected chi connectivity index (χ3v) is 3.56. The maximum atomic E-state index is 8.82. The Morgan fingerprint density at radius 1 is 1.20 bits per heavy atom. The third-order valence-electron chi connectivity index (χ3n) is 3.56. The van der Waals surface area contributed by atoms with Crippen molar-refractivity contribution in [3.05, 3.63) is 52.8 Å². The summed E-state index contributed by atoms with van der Waals surface area (Å²) in [5.41, 5.74) is 4.14. The van der Waals surface area contributed by atoms with Crippen LogP contribution in [0.4, 0.5) is 0 Å². The smallest absolute Gasteiger partial charge is 0.0991 e. The van der Waals surface area contributed by atoms with Crippen molar-refractivity contribution in [3.63, 3.8) is 0 Å². The minimum atomic E-state index is 0.220. The fourth-order valence-corrected chi connectivity index (χ4v) is 2.45. The maximum absolute atomic E-state index is 8.82. The molecule has 0 radical (unpaired) electrons. The van der Waals surface area contributed by atoms with Crippen LogP contribution >= 0.6 is 0 Å². The number of aryl methyl sites for hydroxylation is 2. The molecule has 2 atom stereocenters. The van der Waals surface area contributed by atoms with Gasteiger partial charge in [-0.15, -0.1) is 0 Å². The van der Waals surface area contributed by atoms with Crippen LogP contribution in [0.25, 0.3) is 0 Å². The van der Waals surface area contributed by atoms with E-state index in [4.69, 9.17) is 5.26 Å². The maximum Gasteiger partial charge on any atom is 0.0991 e. The highest BCUT2D eigenvalue weighted by molar-refractivity contribution is 5.33. The fourth-order valence-electron chi connectivity index (χ4n) is 2.45. The Morgan fingerprint density at radius 3 is 2.35 bits per heavy atom. The Kier molecular flexibility index (Phi) is 4.21. The van der Waals surface area contributed by atoms with Crippen LogP contribution in [0.1, 0.15) is 48.3 Å². The van der Waals surface area contributed by atoms with Gasteiger partial charge in [-0.05, 0) is 38.5 Å². The molecule has 0 spiro atoms. The van der Waals surface area contributed by atoms with Gasteiger partial charge in [0.05, 0.1) is 17.3 Å². The van der Waals surface area contributed by atoms with Crippen molar-refractivity contribution in [2.24, 2.45) is 7.05 Å². The molecule has 0 amide bonds. The summed E-state index contributed by atoms with van der Waals surface area (Å²) >= 11 is 0. The second kappa shape index (κ2) is 5.89. The van der Waals surface area contributed by atoms with Crippen molar-refractivity contribution < 1.29 is 0 Å². The molecule has 4 heteroatoms. The van der Waals surface area contributed by atoms with Crippen LogP contribution < -0.4 is 5.32 Å². The van der Waals surface area contributed by atoms with Crippen molar-refractivity contribution in [2.75, 3.05) is 0 Å². The highest BCUT2D eigenvalue weighted by Crippen LogP contribution is 2.21. The molecule has 0 bridgehead atoms. The number of aromatic nitrogens is 2. The van der Waals surface area contributed by atoms with Crippen LogP contribution in [-0.2, 0) is 7.05 Å². The number of nitriles is 1. The average Bonchev–Trinajstić information content (AvgIpc) is 2.78. The molecule has 4 nitrogen and oxygen atoms in total. The molecule has 0 saturated heterocycles. The number of benzene rings is 1. The predicted molar refractivity (Wildman–Crippen MR) is 79.1 cm³/mol. The van der Waals surface area contributed by atoms with Gasteiger partial charge in [0, 0.05) is 30.9 Å². The monoisotopic (exact) mass is 268 g/mol. The number of nitrogens with one attached hydrogen (secondary N) is 1. The van der Waals surface area contributed by atoms with E-state index < -0.39 is 0 Å². The molecule has 1 N–H and O–H groups in total. The molecule has 20 heavy (non-hydrogen) atoms. The Morgan fingerprint density at radius 2 is 1.85 bits per heavy atom. The molecule has 1 aromatic heterocycles. The highest BCUT2D eigenvalue weighted by atomic mass is 15.3. The van der Waals surface area contributed by atoms with Gasteiger partial charge in [-0.1, -0.05) is 12.1 Å². The zero-order chi connectivity index (χ0) is 14.7. The van der Waals surface area contributed by atoms with Gasteiger partial charge in [0.25, 0.3) is 0 Å². The van der Waals surface area contributed by atoms with E-state index in [0.717, 1.165) is 5.69 Å². The van der Waals surface area contributed by atoms with E-state index in [1.807, 2.05) is 42.9 Å². The van der Waals surface area contributed by atoms with Crippen LogP contribution in [0.15, 0.2) is 30.5 Å². The van der Waals surface area contributed by atoms with Crippen molar-refractivity contribution in [1.82, 2.24) is 15.1 Å². The molecular weight excluding hydrogens is 248 g/mol. The molecule has 0 saturated carbocycles. The van der Waals surface area contributed by atoms with Crippen LogP contribution in [0.3, 0.4) is 0 Å². The van der Waals surface area contributed by atoms with Crippen molar-refractivity contribution >= 4 is 0 Å². The molecule has 0 aliphatic heterocycles. The lowest BCUT2D eigenvalue weighted by atomic mass is 10.0. The van der Waals surface area contributed by atoms with E-state index in [1.54, 1.807) is 0 Å². The lowest BCUT2D eigenvalue weighted by Crippen LogP contribution is -2.22. The largest absolute Gasteiger partial charge is 0.304 e. The first-order valence-corrected chi connectivity index (χ1v) is 6.77. The number of hydrogen-bond acceptors (Lipinski definition) is 3. The summed E-state index contributed by atoms with van der Waals surface area (Å²) in [7, 11) is 1.94. The molecular formula is C16H20N4. The quantitative estimate of drug-likeness (QED) is 0.927. The van der Waals surface area contributed by atoms with Gasteiger partial charge in [0.2, 0.25) is 0 Å². The normalized spacial score (nSPS) is 13.8. The average molecular weight is 268 g/mol. The summed E-state index contributed by atoms with van der Waals surface area (Å²) in [6.45, 7) is 6.30. The second-order valence-electron chi connectivity index (χ2n) is 5.19. The Balaban J connectivity index is 2.08. The fraction of sp³-hybridized carbons (Fsp3) is 0.375. The minimum Gasteiger partial charge on any atom is -0.304 e. The summed E-state index contributed by atoms with van der Waals surface area (Å²) in [6.07, 6.45) is 2.05.